The minimum absolute atomic E-state index is 0.0183. The molecule has 2 saturated heterocycles. The van der Waals surface area contributed by atoms with Gasteiger partial charge in [-0.25, -0.2) is 12.8 Å². The predicted octanol–water partition coefficient (Wildman–Crippen LogP) is 3.12. The van der Waals surface area contributed by atoms with Gasteiger partial charge in [-0.15, -0.1) is 0 Å². The molecule has 174 valence electrons. The molecule has 0 radical (unpaired) electrons. The third-order valence-electron chi connectivity index (χ3n) is 6.39. The van der Waals surface area contributed by atoms with E-state index in [0.29, 0.717) is 50.0 Å². The van der Waals surface area contributed by atoms with E-state index in [4.69, 9.17) is 9.47 Å². The average Bonchev–Trinajstić information content (AvgIpc) is 3.41. The van der Waals surface area contributed by atoms with Crippen LogP contribution in [-0.2, 0) is 36.4 Å². The molecule has 3 aromatic rings. The van der Waals surface area contributed by atoms with Gasteiger partial charge in [0.05, 0.1) is 23.9 Å². The lowest BCUT2D eigenvalue weighted by molar-refractivity contribution is -0.187. The molecular formula is C24H25FN2O5S. The van der Waals surface area contributed by atoms with Crippen LogP contribution in [0.2, 0.25) is 0 Å². The number of hydrogen-bond acceptors (Lipinski definition) is 5. The highest BCUT2D eigenvalue weighted by atomic mass is 32.2. The predicted molar refractivity (Wildman–Crippen MR) is 120 cm³/mol. The zero-order chi connectivity index (χ0) is 23.1. The van der Waals surface area contributed by atoms with Crippen LogP contribution in [0.25, 0.3) is 10.9 Å². The van der Waals surface area contributed by atoms with Crippen molar-refractivity contribution in [1.82, 2.24) is 9.47 Å². The topological polar surface area (TPSA) is 77.8 Å². The van der Waals surface area contributed by atoms with E-state index < -0.39 is 27.2 Å². The summed E-state index contributed by atoms with van der Waals surface area (Å²) >= 11 is 0. The van der Waals surface area contributed by atoms with Crippen molar-refractivity contribution in [1.29, 1.82) is 0 Å². The fourth-order valence-corrected chi connectivity index (χ4v) is 6.21. The lowest BCUT2D eigenvalue weighted by atomic mass is 10.0. The summed E-state index contributed by atoms with van der Waals surface area (Å²) in [5, 5.41) is 0.520. The molecule has 2 fully saturated rings. The number of fused-ring (bicyclic) bond motifs is 1. The number of benzene rings is 2. The maximum Gasteiger partial charge on any atom is 0.242 e. The molecule has 3 heterocycles. The molecule has 0 atom stereocenters. The van der Waals surface area contributed by atoms with Crippen LogP contribution in [0.5, 0.6) is 0 Å². The van der Waals surface area contributed by atoms with Crippen molar-refractivity contribution in [3.8, 4) is 0 Å². The van der Waals surface area contributed by atoms with E-state index in [-0.39, 0.29) is 22.9 Å². The van der Waals surface area contributed by atoms with Gasteiger partial charge in [-0.1, -0.05) is 36.4 Å². The molecule has 2 aliphatic rings. The smallest absolute Gasteiger partial charge is 0.242 e. The molecule has 0 bridgehead atoms. The van der Waals surface area contributed by atoms with Gasteiger partial charge in [0.2, 0.25) is 5.91 Å². The van der Waals surface area contributed by atoms with E-state index in [9.17, 15) is 17.6 Å². The quantitative estimate of drug-likeness (QED) is 0.570. The Balaban J connectivity index is 1.39. The number of rotatable bonds is 5. The maximum atomic E-state index is 14.1. The van der Waals surface area contributed by atoms with Crippen LogP contribution in [0.15, 0.2) is 59.6 Å². The molecule has 0 saturated carbocycles. The zero-order valence-corrected chi connectivity index (χ0v) is 18.9. The minimum Gasteiger partial charge on any atom is -0.347 e. The fourth-order valence-electron chi connectivity index (χ4n) is 4.62. The second-order valence-corrected chi connectivity index (χ2v) is 10.4. The van der Waals surface area contributed by atoms with Gasteiger partial charge in [-0.3, -0.25) is 4.79 Å². The second-order valence-electron chi connectivity index (χ2n) is 8.48. The standard InChI is InChI=1S/C24H25FN2O5S/c25-20-7-3-1-5-18(20)17-33(29,30)22-15-27(21-8-4-2-6-19(21)22)16-23(28)26-11-9-24(10-12-26)31-13-14-32-24/h1-8,15H,9-14,16-17H2. The molecule has 5 rings (SSSR count). The third-order valence-corrected chi connectivity index (χ3v) is 8.07. The normalized spacial score (nSPS) is 18.3. The first-order chi connectivity index (χ1) is 15.9. The molecule has 0 N–H and O–H groups in total. The molecular weight excluding hydrogens is 447 g/mol. The van der Waals surface area contributed by atoms with E-state index in [1.54, 1.807) is 39.8 Å². The zero-order valence-electron chi connectivity index (χ0n) is 18.1. The fraction of sp³-hybridized carbons (Fsp3) is 0.375. The molecule has 33 heavy (non-hydrogen) atoms. The van der Waals surface area contributed by atoms with Gasteiger partial charge in [0.1, 0.15) is 12.4 Å². The number of carbonyl (C=O) groups excluding carboxylic acids is 1. The van der Waals surface area contributed by atoms with E-state index in [2.05, 4.69) is 0 Å². The van der Waals surface area contributed by atoms with E-state index in [0.717, 1.165) is 0 Å². The Kier molecular flexibility index (Phi) is 5.72. The van der Waals surface area contributed by atoms with Crippen LogP contribution in [0.4, 0.5) is 4.39 Å². The highest BCUT2D eigenvalue weighted by molar-refractivity contribution is 7.90. The van der Waals surface area contributed by atoms with Gasteiger partial charge < -0.3 is 18.9 Å². The van der Waals surface area contributed by atoms with E-state index in [1.807, 2.05) is 0 Å². The van der Waals surface area contributed by atoms with Crippen LogP contribution in [0, 0.1) is 5.82 Å². The van der Waals surface area contributed by atoms with Gasteiger partial charge in [0.15, 0.2) is 15.6 Å². The molecule has 1 amide bonds. The number of ether oxygens (including phenoxy) is 2. The number of sulfone groups is 1. The van der Waals surface area contributed by atoms with E-state index in [1.165, 1.54) is 24.4 Å². The van der Waals surface area contributed by atoms with Crippen molar-refractivity contribution >= 4 is 26.6 Å². The molecule has 0 aliphatic carbocycles. The number of nitrogens with zero attached hydrogens (tertiary/aromatic N) is 2. The Bertz CT molecular complexity index is 1290. The summed E-state index contributed by atoms with van der Waals surface area (Å²) in [5.74, 6) is -1.67. The Morgan fingerprint density at radius 2 is 1.67 bits per heavy atom. The number of para-hydroxylation sites is 1. The van der Waals surface area contributed by atoms with Crippen molar-refractivity contribution in [3.05, 3.63) is 66.1 Å². The molecule has 7 nitrogen and oxygen atoms in total. The Morgan fingerprint density at radius 1 is 1.00 bits per heavy atom. The molecule has 2 aliphatic heterocycles. The van der Waals surface area contributed by atoms with Crippen molar-refractivity contribution in [2.24, 2.45) is 0 Å². The van der Waals surface area contributed by atoms with Crippen molar-refractivity contribution in [2.45, 2.75) is 35.8 Å². The highest BCUT2D eigenvalue weighted by Crippen LogP contribution is 2.32. The Morgan fingerprint density at radius 3 is 2.39 bits per heavy atom. The van der Waals surface area contributed by atoms with Crippen LogP contribution >= 0.6 is 0 Å². The van der Waals surface area contributed by atoms with Crippen LogP contribution in [-0.4, -0.2) is 55.9 Å². The molecule has 2 aromatic carbocycles. The Labute approximate surface area is 191 Å². The van der Waals surface area contributed by atoms with Gasteiger partial charge in [-0.05, 0) is 12.1 Å². The largest absolute Gasteiger partial charge is 0.347 e. The number of likely N-dealkylation sites (tertiary alicyclic amines) is 1. The molecule has 0 unspecified atom stereocenters. The monoisotopic (exact) mass is 472 g/mol. The highest BCUT2D eigenvalue weighted by Gasteiger charge is 2.40. The summed E-state index contributed by atoms with van der Waals surface area (Å²) in [7, 11) is -3.84. The first kappa shape index (κ1) is 22.1. The third kappa shape index (κ3) is 4.28. The average molecular weight is 473 g/mol. The van der Waals surface area contributed by atoms with Crippen molar-refractivity contribution < 1.29 is 27.1 Å². The summed E-state index contributed by atoms with van der Waals surface area (Å²) in [5.41, 5.74) is 0.762. The Hall–Kier alpha value is -2.75. The number of piperidine rings is 1. The van der Waals surface area contributed by atoms with Gasteiger partial charge in [0.25, 0.3) is 0 Å². The van der Waals surface area contributed by atoms with Gasteiger partial charge in [0, 0.05) is 48.6 Å². The molecule has 1 aromatic heterocycles. The van der Waals surface area contributed by atoms with Crippen molar-refractivity contribution in [2.75, 3.05) is 26.3 Å². The SMILES string of the molecule is O=C(Cn1cc(S(=O)(=O)Cc2ccccc2F)c2ccccc21)N1CCC2(CC1)OCCO2. The number of halogens is 1. The number of hydrogen-bond donors (Lipinski definition) is 0. The van der Waals surface area contributed by atoms with Crippen LogP contribution in [0.1, 0.15) is 18.4 Å². The summed E-state index contributed by atoms with van der Waals surface area (Å²) in [6, 6.07) is 12.9. The molecule has 1 spiro atoms. The minimum atomic E-state index is -3.84. The van der Waals surface area contributed by atoms with Crippen molar-refractivity contribution in [3.63, 3.8) is 0 Å². The van der Waals surface area contributed by atoms with Gasteiger partial charge >= 0.3 is 0 Å². The summed E-state index contributed by atoms with van der Waals surface area (Å²) < 4.78 is 53.6. The van der Waals surface area contributed by atoms with Gasteiger partial charge in [-0.2, -0.15) is 0 Å². The number of aromatic nitrogens is 1. The first-order valence-electron chi connectivity index (χ1n) is 11.0. The molecule has 9 heteroatoms. The number of amides is 1. The number of carbonyl (C=O) groups is 1. The lowest BCUT2D eigenvalue weighted by Crippen LogP contribution is -2.48. The first-order valence-corrected chi connectivity index (χ1v) is 12.6. The van der Waals surface area contributed by atoms with Crippen LogP contribution in [0.3, 0.4) is 0 Å². The summed E-state index contributed by atoms with van der Waals surface area (Å²) in [6.45, 7) is 2.22. The summed E-state index contributed by atoms with van der Waals surface area (Å²) in [6.07, 6.45) is 2.73. The summed E-state index contributed by atoms with van der Waals surface area (Å²) in [4.78, 5) is 14.9. The van der Waals surface area contributed by atoms with Crippen LogP contribution < -0.4 is 0 Å². The second kappa shape index (κ2) is 8.55. The van der Waals surface area contributed by atoms with E-state index >= 15 is 0 Å². The lowest BCUT2D eigenvalue weighted by Gasteiger charge is -2.37. The maximum absolute atomic E-state index is 14.1.